The van der Waals surface area contributed by atoms with Crippen LogP contribution in [0.15, 0.2) is 0 Å². The van der Waals surface area contributed by atoms with E-state index in [0.29, 0.717) is 24.3 Å². The van der Waals surface area contributed by atoms with Crippen LogP contribution in [0.4, 0.5) is 0 Å². The minimum Gasteiger partial charge on any atom is -0.455 e. The second kappa shape index (κ2) is 1.55. The second-order valence-electron chi connectivity index (χ2n) is 3.39. The molecule has 3 aliphatic rings. The van der Waals surface area contributed by atoms with E-state index in [4.69, 9.17) is 9.47 Å². The van der Waals surface area contributed by atoms with E-state index in [-0.39, 0.29) is 0 Å². The molecule has 4 unspecified atom stereocenters. The van der Waals surface area contributed by atoms with E-state index in [2.05, 4.69) is 7.05 Å². The van der Waals surface area contributed by atoms with E-state index in [1.807, 2.05) is 0 Å². The van der Waals surface area contributed by atoms with Gasteiger partial charge < -0.3 is 14.4 Å². The number of nitrogens with one attached hydrogen (secondary N) is 1. The largest absolute Gasteiger partial charge is 0.455 e. The number of hydrogen-bond acceptors (Lipinski definition) is 2. The number of rotatable bonds is 0. The number of fused-ring (bicyclic) bond motifs is 5. The number of morpholine rings is 2. The molecular weight excluding hydrogens is 130 g/mol. The molecule has 3 nitrogen and oxygen atoms in total. The standard InChI is InChI=1S/C7H11NO2/c1-8-4-2-9-3-5(8)7-6(4)10-7/h4-8H,1-3H2. The zero-order valence-corrected chi connectivity index (χ0v) is 5.75. The van der Waals surface area contributed by atoms with Gasteiger partial charge in [0.2, 0.25) is 0 Å². The summed E-state index contributed by atoms with van der Waals surface area (Å²) >= 11 is 0. The molecule has 0 saturated carbocycles. The van der Waals surface area contributed by atoms with Gasteiger partial charge in [0.15, 0.2) is 0 Å². The predicted octanol–water partition coefficient (Wildman–Crippen LogP) is -1.79. The van der Waals surface area contributed by atoms with Crippen molar-refractivity contribution in [3.63, 3.8) is 0 Å². The molecule has 3 aliphatic heterocycles. The van der Waals surface area contributed by atoms with Crippen LogP contribution < -0.4 is 4.90 Å². The Kier molecular flexibility index (Phi) is 0.854. The first-order valence-electron chi connectivity index (χ1n) is 3.80. The van der Waals surface area contributed by atoms with E-state index in [1.54, 1.807) is 0 Å². The first kappa shape index (κ1) is 5.52. The highest BCUT2D eigenvalue weighted by Crippen LogP contribution is 2.33. The molecule has 56 valence electrons. The lowest BCUT2D eigenvalue weighted by Crippen LogP contribution is -3.16. The fourth-order valence-corrected chi connectivity index (χ4v) is 2.21. The summed E-state index contributed by atoms with van der Waals surface area (Å²) < 4.78 is 10.8. The highest BCUT2D eigenvalue weighted by molar-refractivity contribution is 5.03. The molecule has 4 atom stereocenters. The average molecular weight is 141 g/mol. The Morgan fingerprint density at radius 2 is 1.80 bits per heavy atom. The summed E-state index contributed by atoms with van der Waals surface area (Å²) in [5, 5.41) is 0. The van der Waals surface area contributed by atoms with Crippen LogP contribution in [0.2, 0.25) is 0 Å². The maximum atomic E-state index is 5.45. The molecule has 3 heterocycles. The van der Waals surface area contributed by atoms with E-state index in [1.165, 1.54) is 4.90 Å². The summed E-state index contributed by atoms with van der Waals surface area (Å²) in [5.74, 6) is 0. The second-order valence-corrected chi connectivity index (χ2v) is 3.39. The normalized spacial score (nSPS) is 63.9. The Balaban J connectivity index is 1.94. The molecule has 1 N–H and O–H groups in total. The van der Waals surface area contributed by atoms with E-state index < -0.39 is 0 Å². The third kappa shape index (κ3) is 0.480. The molecule has 10 heavy (non-hydrogen) atoms. The lowest BCUT2D eigenvalue weighted by molar-refractivity contribution is -0.909. The van der Waals surface area contributed by atoms with Crippen LogP contribution in [0.1, 0.15) is 0 Å². The van der Waals surface area contributed by atoms with Crippen LogP contribution in [0.3, 0.4) is 0 Å². The summed E-state index contributed by atoms with van der Waals surface area (Å²) in [6, 6.07) is 1.06. The molecular formula is C7H11NO2. The van der Waals surface area contributed by atoms with Gasteiger partial charge in [0, 0.05) is 0 Å². The molecule has 0 aliphatic carbocycles. The Hall–Kier alpha value is -0.120. The van der Waals surface area contributed by atoms with Gasteiger partial charge >= 0.3 is 0 Å². The van der Waals surface area contributed by atoms with Crippen molar-refractivity contribution < 1.29 is 14.4 Å². The monoisotopic (exact) mass is 141 g/mol. The highest BCUT2D eigenvalue weighted by atomic mass is 16.6. The van der Waals surface area contributed by atoms with Crippen molar-refractivity contribution in [1.29, 1.82) is 0 Å². The van der Waals surface area contributed by atoms with Crippen LogP contribution in [0.25, 0.3) is 0 Å². The van der Waals surface area contributed by atoms with Crippen molar-refractivity contribution >= 4 is 0 Å². The van der Waals surface area contributed by atoms with Crippen molar-refractivity contribution in [2.75, 3.05) is 13.2 Å². The van der Waals surface area contributed by atoms with E-state index in [9.17, 15) is 0 Å². The van der Waals surface area contributed by atoms with E-state index in [0.717, 1.165) is 13.2 Å². The third-order valence-electron chi connectivity index (χ3n) is 2.90. The first-order chi connectivity index (χ1) is 4.88. The van der Waals surface area contributed by atoms with Crippen molar-refractivity contribution in [1.82, 2.24) is 0 Å². The van der Waals surface area contributed by atoms with Gasteiger partial charge in [-0.15, -0.1) is 7.05 Å². The van der Waals surface area contributed by atoms with Gasteiger partial charge in [0.05, 0.1) is 13.2 Å². The molecule has 0 radical (unpaired) electrons. The van der Waals surface area contributed by atoms with Gasteiger partial charge in [0.1, 0.15) is 24.3 Å². The lowest BCUT2D eigenvalue weighted by Gasteiger charge is -2.35. The van der Waals surface area contributed by atoms with Gasteiger partial charge in [-0.1, -0.05) is 0 Å². The Morgan fingerprint density at radius 1 is 1.20 bits per heavy atom. The quantitative estimate of drug-likeness (QED) is 0.318. The fourth-order valence-electron chi connectivity index (χ4n) is 2.21. The Bertz CT molecular complexity index is 157. The van der Waals surface area contributed by atoms with Crippen molar-refractivity contribution in [2.45, 2.75) is 24.3 Å². The van der Waals surface area contributed by atoms with Gasteiger partial charge in [-0.3, -0.25) is 0 Å². The SMILES string of the molecule is [CH2-][NH+]1C2COCC1C1OC12. The maximum absolute atomic E-state index is 5.45. The molecule has 3 rings (SSSR count). The average Bonchev–Trinajstić information content (AvgIpc) is 2.59. The Labute approximate surface area is 59.9 Å². The third-order valence-corrected chi connectivity index (χ3v) is 2.90. The van der Waals surface area contributed by atoms with Crippen LogP contribution in [-0.2, 0) is 9.47 Å². The van der Waals surface area contributed by atoms with Gasteiger partial charge in [0.25, 0.3) is 0 Å². The van der Waals surface area contributed by atoms with Crippen molar-refractivity contribution in [2.24, 2.45) is 0 Å². The molecule has 3 fully saturated rings. The number of ether oxygens (including phenoxy) is 2. The Morgan fingerprint density at radius 3 is 2.30 bits per heavy atom. The molecule has 2 bridgehead atoms. The van der Waals surface area contributed by atoms with Gasteiger partial charge in [-0.25, -0.2) is 0 Å². The van der Waals surface area contributed by atoms with Gasteiger partial charge in [-0.05, 0) is 0 Å². The van der Waals surface area contributed by atoms with Crippen LogP contribution in [-0.4, -0.2) is 37.5 Å². The molecule has 0 aromatic rings. The van der Waals surface area contributed by atoms with E-state index >= 15 is 0 Å². The van der Waals surface area contributed by atoms with Crippen LogP contribution >= 0.6 is 0 Å². The minimum atomic E-state index is 0.486. The molecule has 0 amide bonds. The lowest BCUT2D eigenvalue weighted by atomic mass is 10.2. The predicted molar refractivity (Wildman–Crippen MR) is 33.4 cm³/mol. The number of quaternary nitrogens is 1. The highest BCUT2D eigenvalue weighted by Gasteiger charge is 2.63. The topological polar surface area (TPSA) is 26.2 Å². The van der Waals surface area contributed by atoms with Crippen LogP contribution in [0, 0.1) is 7.05 Å². The fraction of sp³-hybridized carbons (Fsp3) is 0.857. The zero-order valence-electron chi connectivity index (χ0n) is 5.75. The molecule has 0 aromatic carbocycles. The summed E-state index contributed by atoms with van der Waals surface area (Å²) in [7, 11) is 4.06. The summed E-state index contributed by atoms with van der Waals surface area (Å²) in [5.41, 5.74) is 0. The summed E-state index contributed by atoms with van der Waals surface area (Å²) in [6.45, 7) is 1.69. The first-order valence-corrected chi connectivity index (χ1v) is 3.80. The number of hydrogen-bond donors (Lipinski definition) is 1. The molecule has 3 saturated heterocycles. The summed E-state index contributed by atoms with van der Waals surface area (Å²) in [6.07, 6.45) is 0.972. The molecule has 3 heteroatoms. The molecule has 0 aromatic heterocycles. The van der Waals surface area contributed by atoms with Crippen molar-refractivity contribution in [3.8, 4) is 0 Å². The molecule has 0 spiro atoms. The van der Waals surface area contributed by atoms with Gasteiger partial charge in [-0.2, -0.15) is 0 Å². The smallest absolute Gasteiger partial charge is 0.142 e. The number of epoxide rings is 1. The minimum absolute atomic E-state index is 0.486. The van der Waals surface area contributed by atoms with Crippen molar-refractivity contribution in [3.05, 3.63) is 7.05 Å². The zero-order chi connectivity index (χ0) is 6.72. The summed E-state index contributed by atoms with van der Waals surface area (Å²) in [4.78, 5) is 1.38. The maximum Gasteiger partial charge on any atom is 0.142 e. The van der Waals surface area contributed by atoms with Crippen LogP contribution in [0.5, 0.6) is 0 Å².